The van der Waals surface area contributed by atoms with E-state index in [-0.39, 0.29) is 5.78 Å². The number of ether oxygens (including phenoxy) is 1. The minimum absolute atomic E-state index is 0.210. The molecule has 0 heterocycles. The quantitative estimate of drug-likeness (QED) is 0.583. The molecule has 0 spiro atoms. The first-order valence-electron chi connectivity index (χ1n) is 6.40. The molecule has 0 saturated carbocycles. The van der Waals surface area contributed by atoms with Crippen LogP contribution in [0.5, 0.6) is 5.75 Å². The van der Waals surface area contributed by atoms with E-state index < -0.39 is 5.92 Å². The lowest BCUT2D eigenvalue weighted by Gasteiger charge is -2.14. The van der Waals surface area contributed by atoms with Crippen LogP contribution in [0.2, 0.25) is 0 Å². The third kappa shape index (κ3) is 3.42. The van der Waals surface area contributed by atoms with Crippen molar-refractivity contribution in [3.63, 3.8) is 0 Å². The van der Waals surface area contributed by atoms with Gasteiger partial charge in [-0.3, -0.25) is 4.79 Å². The van der Waals surface area contributed by atoms with E-state index in [1.165, 1.54) is 7.11 Å². The van der Waals surface area contributed by atoms with Gasteiger partial charge in [0.2, 0.25) is 0 Å². The van der Waals surface area contributed by atoms with Crippen LogP contribution >= 0.6 is 22.6 Å². The van der Waals surface area contributed by atoms with Crippen molar-refractivity contribution in [2.45, 2.75) is 12.8 Å². The van der Waals surface area contributed by atoms with Crippen LogP contribution in [-0.2, 0) is 0 Å². The second-order valence-electron chi connectivity index (χ2n) is 4.68. The molecule has 3 nitrogen and oxygen atoms in total. The summed E-state index contributed by atoms with van der Waals surface area (Å²) >= 11 is 2.18. The highest BCUT2D eigenvalue weighted by Crippen LogP contribution is 2.30. The lowest BCUT2D eigenvalue weighted by Crippen LogP contribution is -2.12. The van der Waals surface area contributed by atoms with Crippen LogP contribution in [0.4, 0.5) is 0 Å². The first-order valence-corrected chi connectivity index (χ1v) is 7.48. The Morgan fingerprint density at radius 1 is 1.24 bits per heavy atom. The second-order valence-corrected chi connectivity index (χ2v) is 5.92. The van der Waals surface area contributed by atoms with Crippen molar-refractivity contribution in [1.29, 1.82) is 5.26 Å². The number of benzene rings is 2. The molecule has 0 aliphatic carbocycles. The van der Waals surface area contributed by atoms with Gasteiger partial charge in [-0.1, -0.05) is 29.8 Å². The Morgan fingerprint density at radius 2 is 1.90 bits per heavy atom. The molecule has 21 heavy (non-hydrogen) atoms. The van der Waals surface area contributed by atoms with Gasteiger partial charge in [-0.15, -0.1) is 0 Å². The smallest absolute Gasteiger partial charge is 0.184 e. The fourth-order valence-electron chi connectivity index (χ4n) is 2.13. The molecule has 0 aliphatic rings. The van der Waals surface area contributed by atoms with E-state index >= 15 is 0 Å². The average molecular weight is 391 g/mol. The molecule has 4 heteroatoms. The molecule has 1 atom stereocenters. The van der Waals surface area contributed by atoms with Gasteiger partial charge >= 0.3 is 0 Å². The molecule has 106 valence electrons. The lowest BCUT2D eigenvalue weighted by molar-refractivity contribution is 0.0978. The maximum Gasteiger partial charge on any atom is 0.184 e. The summed E-state index contributed by atoms with van der Waals surface area (Å²) in [4.78, 5) is 12.6. The molecule has 0 N–H and O–H groups in total. The van der Waals surface area contributed by atoms with Crippen molar-refractivity contribution < 1.29 is 9.53 Å². The summed E-state index contributed by atoms with van der Waals surface area (Å²) in [6.45, 7) is 1.92. The summed E-state index contributed by atoms with van der Waals surface area (Å²) in [6, 6.07) is 14.8. The van der Waals surface area contributed by atoms with Crippen molar-refractivity contribution in [2.24, 2.45) is 0 Å². The zero-order valence-corrected chi connectivity index (χ0v) is 13.9. The second kappa shape index (κ2) is 6.72. The van der Waals surface area contributed by atoms with E-state index in [1.807, 2.05) is 31.2 Å². The lowest BCUT2D eigenvalue weighted by atomic mass is 9.90. The topological polar surface area (TPSA) is 50.1 Å². The van der Waals surface area contributed by atoms with E-state index in [4.69, 9.17) is 4.74 Å². The third-order valence-electron chi connectivity index (χ3n) is 3.22. The number of hydrogen-bond donors (Lipinski definition) is 0. The van der Waals surface area contributed by atoms with Crippen molar-refractivity contribution in [2.75, 3.05) is 7.11 Å². The largest absolute Gasteiger partial charge is 0.496 e. The Bertz CT molecular complexity index is 702. The minimum atomic E-state index is -0.861. The molecule has 0 aliphatic heterocycles. The van der Waals surface area contributed by atoms with Crippen LogP contribution < -0.4 is 4.74 Å². The summed E-state index contributed by atoms with van der Waals surface area (Å²) in [5.74, 6) is -0.510. The van der Waals surface area contributed by atoms with Crippen molar-refractivity contribution in [3.8, 4) is 11.8 Å². The zero-order chi connectivity index (χ0) is 15.4. The highest BCUT2D eigenvalue weighted by Gasteiger charge is 2.25. The number of rotatable bonds is 4. The number of aryl methyl sites for hydroxylation is 1. The van der Waals surface area contributed by atoms with Crippen LogP contribution in [0.1, 0.15) is 27.4 Å². The molecule has 1 unspecified atom stereocenters. The van der Waals surface area contributed by atoms with E-state index in [0.29, 0.717) is 16.9 Å². The molecule has 0 radical (unpaired) electrons. The van der Waals surface area contributed by atoms with Gasteiger partial charge in [0.05, 0.1) is 13.2 Å². The summed E-state index contributed by atoms with van der Waals surface area (Å²) in [5.41, 5.74) is 2.13. The van der Waals surface area contributed by atoms with E-state index in [2.05, 4.69) is 28.7 Å². The predicted molar refractivity (Wildman–Crippen MR) is 89.6 cm³/mol. The van der Waals surface area contributed by atoms with Crippen molar-refractivity contribution >= 4 is 28.4 Å². The van der Waals surface area contributed by atoms with Crippen molar-refractivity contribution in [3.05, 3.63) is 62.7 Å². The van der Waals surface area contributed by atoms with Gasteiger partial charge in [-0.25, -0.2) is 0 Å². The van der Waals surface area contributed by atoms with Crippen molar-refractivity contribution in [1.82, 2.24) is 0 Å². The first-order chi connectivity index (χ1) is 10.1. The van der Waals surface area contributed by atoms with Crippen LogP contribution in [0, 0.1) is 21.8 Å². The molecule has 2 aromatic carbocycles. The predicted octanol–water partition coefficient (Wildman–Crippen LogP) is 4.10. The summed E-state index contributed by atoms with van der Waals surface area (Å²) in [7, 11) is 1.54. The summed E-state index contributed by atoms with van der Waals surface area (Å²) in [5, 5.41) is 9.45. The number of halogens is 1. The SMILES string of the molecule is COc1ccc(C)cc1C(C#N)C(=O)c1ccc(I)cc1. The van der Waals surface area contributed by atoms with Gasteiger partial charge in [0.25, 0.3) is 0 Å². The van der Waals surface area contributed by atoms with Gasteiger partial charge in [0.15, 0.2) is 5.78 Å². The number of carbonyl (C=O) groups is 1. The summed E-state index contributed by atoms with van der Waals surface area (Å²) < 4.78 is 6.33. The number of Topliss-reactive ketones (excluding diaryl/α,β-unsaturated/α-hetero) is 1. The molecule has 0 bridgehead atoms. The van der Waals surface area contributed by atoms with Crippen LogP contribution in [0.3, 0.4) is 0 Å². The Hall–Kier alpha value is -1.87. The van der Waals surface area contributed by atoms with Gasteiger partial charge < -0.3 is 4.74 Å². The molecule has 0 saturated heterocycles. The Labute approximate surface area is 137 Å². The minimum Gasteiger partial charge on any atom is -0.496 e. The highest BCUT2D eigenvalue weighted by atomic mass is 127. The van der Waals surface area contributed by atoms with E-state index in [0.717, 1.165) is 9.13 Å². The number of ketones is 1. The Morgan fingerprint density at radius 3 is 2.48 bits per heavy atom. The van der Waals surface area contributed by atoms with Crippen LogP contribution in [0.25, 0.3) is 0 Å². The summed E-state index contributed by atoms with van der Waals surface area (Å²) in [6.07, 6.45) is 0. The molecule has 2 aromatic rings. The molecule has 0 amide bonds. The van der Waals surface area contributed by atoms with Gasteiger partial charge in [0, 0.05) is 14.7 Å². The number of hydrogen-bond acceptors (Lipinski definition) is 3. The fraction of sp³-hybridized carbons (Fsp3) is 0.176. The number of nitriles is 1. The maximum atomic E-state index is 12.6. The molecule has 0 aromatic heterocycles. The van der Waals surface area contributed by atoms with E-state index in [1.54, 1.807) is 18.2 Å². The zero-order valence-electron chi connectivity index (χ0n) is 11.8. The molecule has 0 fully saturated rings. The van der Waals surface area contributed by atoms with E-state index in [9.17, 15) is 10.1 Å². The van der Waals surface area contributed by atoms with Crippen LogP contribution in [-0.4, -0.2) is 12.9 Å². The molecular weight excluding hydrogens is 377 g/mol. The van der Waals surface area contributed by atoms with Gasteiger partial charge in [-0.05, 0) is 47.7 Å². The van der Waals surface area contributed by atoms with Crippen LogP contribution in [0.15, 0.2) is 42.5 Å². The number of methoxy groups -OCH3 is 1. The monoisotopic (exact) mass is 391 g/mol. The maximum absolute atomic E-state index is 12.6. The highest BCUT2D eigenvalue weighted by molar-refractivity contribution is 14.1. The Balaban J connectivity index is 2.45. The standard InChI is InChI=1S/C17H14INO2/c1-11-3-8-16(21-2)14(9-11)15(10-19)17(20)12-4-6-13(18)7-5-12/h3-9,15H,1-2H3. The van der Waals surface area contributed by atoms with Gasteiger partial charge in [-0.2, -0.15) is 5.26 Å². The average Bonchev–Trinajstić information content (AvgIpc) is 2.49. The molecule has 2 rings (SSSR count). The first kappa shape index (κ1) is 15.5. The third-order valence-corrected chi connectivity index (χ3v) is 3.94. The molecular formula is C17H14INO2. The Kier molecular flexibility index (Phi) is 4.97. The number of nitrogens with zero attached hydrogens (tertiary/aromatic N) is 1. The fourth-order valence-corrected chi connectivity index (χ4v) is 2.49. The van der Waals surface area contributed by atoms with Gasteiger partial charge in [0.1, 0.15) is 11.7 Å². The number of carbonyl (C=O) groups excluding carboxylic acids is 1. The normalized spacial score (nSPS) is 11.5.